The van der Waals surface area contributed by atoms with Crippen molar-refractivity contribution in [2.24, 2.45) is 0 Å². The van der Waals surface area contributed by atoms with Gasteiger partial charge in [0.25, 0.3) is 0 Å². The van der Waals surface area contributed by atoms with Crippen molar-refractivity contribution in [1.82, 2.24) is 10.2 Å². The van der Waals surface area contributed by atoms with E-state index < -0.39 is 0 Å². The van der Waals surface area contributed by atoms with Gasteiger partial charge in [-0.05, 0) is 18.6 Å². The molecule has 0 unspecified atom stereocenters. The van der Waals surface area contributed by atoms with Gasteiger partial charge in [0.05, 0.1) is 5.75 Å². The first-order valence-corrected chi connectivity index (χ1v) is 8.59. The van der Waals surface area contributed by atoms with Gasteiger partial charge in [0.2, 0.25) is 11.0 Å². The van der Waals surface area contributed by atoms with Crippen LogP contribution in [0.5, 0.6) is 0 Å². The molecule has 1 saturated heterocycles. The van der Waals surface area contributed by atoms with Gasteiger partial charge in [-0.15, -0.1) is 10.2 Å². The molecule has 1 aromatic heterocycles. The minimum atomic E-state index is -0.00716. The Bertz CT molecular complexity index is 716. The number of thioether (sulfide) groups is 1. The van der Waals surface area contributed by atoms with Crippen LogP contribution in [0.2, 0.25) is 0 Å². The van der Waals surface area contributed by atoms with Gasteiger partial charge in [0.1, 0.15) is 0 Å². The fourth-order valence-electron chi connectivity index (χ4n) is 2.26. The molecule has 2 aromatic rings. The van der Waals surface area contributed by atoms with Crippen LogP contribution in [0.15, 0.2) is 28.6 Å². The Kier molecular flexibility index (Phi) is 4.39. The summed E-state index contributed by atoms with van der Waals surface area (Å²) in [4.78, 5) is 25.8. The van der Waals surface area contributed by atoms with Gasteiger partial charge < -0.3 is 10.6 Å². The average Bonchev–Trinajstić information content (AvgIpc) is 3.13. The third-order valence-electron chi connectivity index (χ3n) is 3.30. The van der Waals surface area contributed by atoms with Crippen LogP contribution in [-0.2, 0) is 4.79 Å². The lowest BCUT2D eigenvalue weighted by atomic mass is 10.1. The molecule has 6 nitrogen and oxygen atoms in total. The Morgan fingerprint density at radius 1 is 1.41 bits per heavy atom. The van der Waals surface area contributed by atoms with Crippen molar-refractivity contribution in [2.45, 2.75) is 17.2 Å². The lowest BCUT2D eigenvalue weighted by molar-refractivity contribution is -0.117. The van der Waals surface area contributed by atoms with Gasteiger partial charge in [-0.1, -0.05) is 35.2 Å². The SMILES string of the molecule is Nc1nnc(SCC(=O)c2cccc(N3CCCC3=O)c2)s1. The highest BCUT2D eigenvalue weighted by atomic mass is 32.2. The van der Waals surface area contributed by atoms with Gasteiger partial charge in [0, 0.05) is 24.2 Å². The molecule has 0 atom stereocenters. The molecule has 0 bridgehead atoms. The third kappa shape index (κ3) is 3.28. The van der Waals surface area contributed by atoms with Gasteiger partial charge in [-0.2, -0.15) is 0 Å². The lowest BCUT2D eigenvalue weighted by Crippen LogP contribution is -2.23. The highest BCUT2D eigenvalue weighted by molar-refractivity contribution is 8.01. The molecule has 0 aliphatic carbocycles. The van der Waals surface area contributed by atoms with Crippen molar-refractivity contribution in [3.8, 4) is 0 Å². The second kappa shape index (κ2) is 6.45. The molecule has 22 heavy (non-hydrogen) atoms. The van der Waals surface area contributed by atoms with Crippen LogP contribution in [0.3, 0.4) is 0 Å². The molecule has 2 heterocycles. The topological polar surface area (TPSA) is 89.2 Å². The first-order chi connectivity index (χ1) is 10.6. The summed E-state index contributed by atoms with van der Waals surface area (Å²) in [6.45, 7) is 0.718. The summed E-state index contributed by atoms with van der Waals surface area (Å²) in [5.74, 6) is 0.377. The summed E-state index contributed by atoms with van der Waals surface area (Å²) in [6, 6.07) is 7.21. The van der Waals surface area contributed by atoms with E-state index in [0.29, 0.717) is 21.5 Å². The highest BCUT2D eigenvalue weighted by Crippen LogP contribution is 2.26. The summed E-state index contributed by atoms with van der Waals surface area (Å²) in [5, 5.41) is 7.98. The Morgan fingerprint density at radius 3 is 2.95 bits per heavy atom. The second-order valence-electron chi connectivity index (χ2n) is 4.82. The maximum absolute atomic E-state index is 12.3. The van der Waals surface area contributed by atoms with Crippen LogP contribution in [0, 0.1) is 0 Å². The molecule has 2 N–H and O–H groups in total. The molecule has 3 rings (SSSR count). The number of hydrogen-bond donors (Lipinski definition) is 1. The summed E-state index contributed by atoms with van der Waals surface area (Å²) < 4.78 is 0.678. The fourth-order valence-corrected chi connectivity index (χ4v) is 3.79. The maximum atomic E-state index is 12.3. The zero-order valence-electron chi connectivity index (χ0n) is 11.7. The van der Waals surface area contributed by atoms with E-state index in [9.17, 15) is 9.59 Å². The van der Waals surface area contributed by atoms with Crippen molar-refractivity contribution >= 4 is 45.6 Å². The molecule has 0 radical (unpaired) electrons. The molecule has 1 aromatic carbocycles. The average molecular weight is 334 g/mol. The summed E-state index contributed by atoms with van der Waals surface area (Å²) in [6.07, 6.45) is 1.44. The number of nitrogens with zero attached hydrogens (tertiary/aromatic N) is 3. The third-order valence-corrected chi connectivity index (χ3v) is 5.19. The number of Topliss-reactive ketones (excluding diaryl/α,β-unsaturated/α-hetero) is 1. The van der Waals surface area contributed by atoms with E-state index in [4.69, 9.17) is 5.73 Å². The second-order valence-corrected chi connectivity index (χ2v) is 7.05. The molecule has 8 heteroatoms. The van der Waals surface area contributed by atoms with E-state index >= 15 is 0 Å². The molecule has 1 aliphatic rings. The van der Waals surface area contributed by atoms with Gasteiger partial charge in [-0.3, -0.25) is 9.59 Å². The number of hydrogen-bond acceptors (Lipinski definition) is 7. The number of anilines is 2. The largest absolute Gasteiger partial charge is 0.374 e. The van der Waals surface area contributed by atoms with Crippen LogP contribution in [-0.4, -0.2) is 34.2 Å². The molecular formula is C14H14N4O2S2. The van der Waals surface area contributed by atoms with Crippen LogP contribution in [0.4, 0.5) is 10.8 Å². The van der Waals surface area contributed by atoms with E-state index in [-0.39, 0.29) is 17.4 Å². The molecule has 1 amide bonds. The minimum absolute atomic E-state index is 0.00716. The van der Waals surface area contributed by atoms with E-state index in [2.05, 4.69) is 10.2 Å². The number of carbonyl (C=O) groups excluding carboxylic acids is 2. The first kappa shape index (κ1) is 15.0. The van der Waals surface area contributed by atoms with E-state index in [0.717, 1.165) is 18.7 Å². The predicted molar refractivity (Wildman–Crippen MR) is 87.4 cm³/mol. The van der Waals surface area contributed by atoms with Crippen molar-refractivity contribution in [2.75, 3.05) is 22.9 Å². The van der Waals surface area contributed by atoms with Crippen LogP contribution < -0.4 is 10.6 Å². The molecule has 114 valence electrons. The van der Waals surface area contributed by atoms with E-state index in [1.165, 1.54) is 23.1 Å². The molecule has 0 spiro atoms. The predicted octanol–water partition coefficient (Wildman–Crippen LogP) is 2.22. The number of ketones is 1. The van der Waals surface area contributed by atoms with Crippen molar-refractivity contribution in [1.29, 1.82) is 0 Å². The molecule has 0 saturated carbocycles. The maximum Gasteiger partial charge on any atom is 0.227 e. The summed E-state index contributed by atoms with van der Waals surface area (Å²) >= 11 is 2.58. The number of nitrogen functional groups attached to an aromatic ring is 1. The standard InChI is InChI=1S/C14H14N4O2S2/c15-13-16-17-14(22-13)21-8-11(19)9-3-1-4-10(7-9)18-6-2-5-12(18)20/h1,3-4,7H,2,5-6,8H2,(H2,15,16). The van der Waals surface area contributed by atoms with Gasteiger partial charge in [-0.25, -0.2) is 0 Å². The highest BCUT2D eigenvalue weighted by Gasteiger charge is 2.22. The van der Waals surface area contributed by atoms with Crippen LogP contribution >= 0.6 is 23.1 Å². The van der Waals surface area contributed by atoms with Crippen molar-refractivity contribution in [3.63, 3.8) is 0 Å². The molecule has 1 fully saturated rings. The zero-order chi connectivity index (χ0) is 15.5. The van der Waals surface area contributed by atoms with E-state index in [1.807, 2.05) is 12.1 Å². The summed E-state index contributed by atoms with van der Waals surface area (Å²) in [5.41, 5.74) is 6.90. The monoisotopic (exact) mass is 334 g/mol. The number of aromatic nitrogens is 2. The van der Waals surface area contributed by atoms with Crippen LogP contribution in [0.25, 0.3) is 0 Å². The van der Waals surface area contributed by atoms with Crippen molar-refractivity contribution < 1.29 is 9.59 Å². The number of rotatable bonds is 5. The quantitative estimate of drug-likeness (QED) is 0.666. The minimum Gasteiger partial charge on any atom is -0.374 e. The van der Waals surface area contributed by atoms with Crippen molar-refractivity contribution in [3.05, 3.63) is 29.8 Å². The Balaban J connectivity index is 1.68. The molecule has 1 aliphatic heterocycles. The normalized spacial score (nSPS) is 14.5. The van der Waals surface area contributed by atoms with Crippen LogP contribution in [0.1, 0.15) is 23.2 Å². The zero-order valence-corrected chi connectivity index (χ0v) is 13.3. The van der Waals surface area contributed by atoms with Gasteiger partial charge in [0.15, 0.2) is 10.1 Å². The van der Waals surface area contributed by atoms with E-state index in [1.54, 1.807) is 17.0 Å². The number of benzene rings is 1. The van der Waals surface area contributed by atoms with Gasteiger partial charge >= 0.3 is 0 Å². The number of carbonyl (C=O) groups is 2. The first-order valence-electron chi connectivity index (χ1n) is 6.79. The smallest absolute Gasteiger partial charge is 0.227 e. The Morgan fingerprint density at radius 2 is 2.27 bits per heavy atom. The number of nitrogens with two attached hydrogens (primary N) is 1. The lowest BCUT2D eigenvalue weighted by Gasteiger charge is -2.16. The Hall–Kier alpha value is -1.93. The fraction of sp³-hybridized carbons (Fsp3) is 0.286. The Labute approximate surface area is 135 Å². The summed E-state index contributed by atoms with van der Waals surface area (Å²) in [7, 11) is 0. The number of amides is 1. The molecular weight excluding hydrogens is 320 g/mol.